The van der Waals surface area contributed by atoms with Crippen LogP contribution in [0, 0.1) is 25.6 Å². The Kier molecular flexibility index (Phi) is 7.23. The van der Waals surface area contributed by atoms with Crippen LogP contribution in [0.15, 0.2) is 36.0 Å². The Labute approximate surface area is 189 Å². The number of nitrogens with zero attached hydrogens (tertiary/aromatic N) is 1. The number of halogens is 3. The summed E-state index contributed by atoms with van der Waals surface area (Å²) < 4.78 is 14.3. The van der Waals surface area contributed by atoms with E-state index in [2.05, 4.69) is 10.3 Å². The second-order valence-electron chi connectivity index (χ2n) is 7.58. The van der Waals surface area contributed by atoms with E-state index in [1.165, 1.54) is 17.8 Å². The highest BCUT2D eigenvalue weighted by atomic mass is 35.5. The first-order valence-corrected chi connectivity index (χ1v) is 10.5. The van der Waals surface area contributed by atoms with E-state index in [4.69, 9.17) is 23.2 Å². The molecule has 0 saturated heterocycles. The van der Waals surface area contributed by atoms with Crippen molar-refractivity contribution >= 4 is 40.7 Å². The standard InChI is InChI=1S/C23H21Cl2FN2O3/c1-12-6-14(22-17(26)10-16(25)11-28-22)7-13(2)20(12)21-18(29)8-15(23(21)31)9-19(30)27-5-3-4-24/h3-4,6-7,10-11,15,21H,5,8-9H2,1-2H3,(H,27,30)/b4-3+. The highest BCUT2D eigenvalue weighted by Crippen LogP contribution is 2.38. The smallest absolute Gasteiger partial charge is 0.220 e. The third-order valence-electron chi connectivity index (χ3n) is 5.36. The van der Waals surface area contributed by atoms with Gasteiger partial charge in [-0.05, 0) is 48.7 Å². The molecule has 1 heterocycles. The average molecular weight is 463 g/mol. The number of rotatable bonds is 6. The van der Waals surface area contributed by atoms with Gasteiger partial charge < -0.3 is 5.32 Å². The van der Waals surface area contributed by atoms with Crippen LogP contribution < -0.4 is 5.32 Å². The first-order valence-electron chi connectivity index (χ1n) is 9.73. The van der Waals surface area contributed by atoms with Crippen LogP contribution in [-0.2, 0) is 14.4 Å². The molecule has 0 aliphatic heterocycles. The van der Waals surface area contributed by atoms with Crippen molar-refractivity contribution in [2.24, 2.45) is 5.92 Å². The molecule has 1 N–H and O–H groups in total. The minimum atomic E-state index is -0.919. The van der Waals surface area contributed by atoms with E-state index in [-0.39, 0.29) is 47.6 Å². The van der Waals surface area contributed by atoms with E-state index in [9.17, 15) is 18.8 Å². The number of amides is 1. The number of aromatic nitrogens is 1. The molecule has 31 heavy (non-hydrogen) atoms. The Morgan fingerprint density at radius 1 is 1.26 bits per heavy atom. The van der Waals surface area contributed by atoms with Gasteiger partial charge in [0.05, 0.1) is 5.02 Å². The van der Waals surface area contributed by atoms with Crippen LogP contribution in [0.1, 0.15) is 35.4 Å². The Morgan fingerprint density at radius 2 is 1.94 bits per heavy atom. The molecule has 8 heteroatoms. The molecular weight excluding hydrogens is 442 g/mol. The summed E-state index contributed by atoms with van der Waals surface area (Å²) in [6, 6.07) is 4.60. The number of hydrogen-bond acceptors (Lipinski definition) is 4. The van der Waals surface area contributed by atoms with E-state index >= 15 is 0 Å². The molecule has 1 amide bonds. The molecule has 0 bridgehead atoms. The highest BCUT2D eigenvalue weighted by Gasteiger charge is 2.43. The number of benzene rings is 1. The minimum Gasteiger partial charge on any atom is -0.353 e. The molecule has 162 valence electrons. The zero-order valence-corrected chi connectivity index (χ0v) is 18.6. The molecule has 1 aliphatic rings. The monoisotopic (exact) mass is 462 g/mol. The van der Waals surface area contributed by atoms with Gasteiger partial charge in [-0.2, -0.15) is 0 Å². The van der Waals surface area contributed by atoms with Crippen LogP contribution in [0.5, 0.6) is 0 Å². The zero-order valence-electron chi connectivity index (χ0n) is 17.0. The first kappa shape index (κ1) is 23.1. The van der Waals surface area contributed by atoms with E-state index in [1.54, 1.807) is 32.1 Å². The van der Waals surface area contributed by atoms with Gasteiger partial charge in [0.15, 0.2) is 11.6 Å². The number of pyridine rings is 1. The molecule has 1 aromatic heterocycles. The maximum atomic E-state index is 14.3. The number of nitrogens with one attached hydrogen (secondary N) is 1. The Bertz CT molecular complexity index is 1060. The van der Waals surface area contributed by atoms with Gasteiger partial charge in [-0.3, -0.25) is 19.4 Å². The minimum absolute atomic E-state index is 0.0241. The Morgan fingerprint density at radius 3 is 2.55 bits per heavy atom. The number of Topliss-reactive ketones (excluding diaryl/α,β-unsaturated/α-hetero) is 2. The van der Waals surface area contributed by atoms with Gasteiger partial charge in [-0.15, -0.1) is 0 Å². The van der Waals surface area contributed by atoms with Gasteiger partial charge in [0, 0.05) is 42.6 Å². The molecule has 0 spiro atoms. The zero-order chi connectivity index (χ0) is 22.7. The van der Waals surface area contributed by atoms with Crippen molar-refractivity contribution in [3.8, 4) is 11.3 Å². The Hall–Kier alpha value is -2.57. The van der Waals surface area contributed by atoms with E-state index in [1.807, 2.05) is 0 Å². The normalized spacial score (nSPS) is 18.7. The number of carbonyl (C=O) groups is 3. The third-order valence-corrected chi connectivity index (χ3v) is 5.74. The lowest BCUT2D eigenvalue weighted by molar-refractivity contribution is -0.128. The van der Waals surface area contributed by atoms with Crippen molar-refractivity contribution in [1.82, 2.24) is 10.3 Å². The summed E-state index contributed by atoms with van der Waals surface area (Å²) in [5.74, 6) is -2.92. The predicted molar refractivity (Wildman–Crippen MR) is 118 cm³/mol. The summed E-state index contributed by atoms with van der Waals surface area (Å²) in [5.41, 5.74) is 3.97. The van der Waals surface area contributed by atoms with Crippen molar-refractivity contribution in [2.45, 2.75) is 32.6 Å². The van der Waals surface area contributed by atoms with E-state index in [0.717, 1.165) is 0 Å². The molecule has 2 aromatic rings. The summed E-state index contributed by atoms with van der Waals surface area (Å²) in [7, 11) is 0. The van der Waals surface area contributed by atoms with E-state index in [0.29, 0.717) is 22.3 Å². The number of hydrogen-bond donors (Lipinski definition) is 1. The number of carbonyl (C=O) groups excluding carboxylic acids is 3. The molecule has 1 aromatic carbocycles. The maximum Gasteiger partial charge on any atom is 0.220 e. The number of aryl methyl sites for hydroxylation is 2. The summed E-state index contributed by atoms with van der Waals surface area (Å²) in [5, 5.41) is 2.83. The quantitative estimate of drug-likeness (QED) is 0.633. The summed E-state index contributed by atoms with van der Waals surface area (Å²) in [4.78, 5) is 41.9. The molecular formula is C23H21Cl2FN2O3. The first-order chi connectivity index (χ1) is 14.7. The van der Waals surface area contributed by atoms with Crippen LogP contribution in [0.4, 0.5) is 4.39 Å². The van der Waals surface area contributed by atoms with Crippen molar-refractivity contribution in [3.63, 3.8) is 0 Å². The second-order valence-corrected chi connectivity index (χ2v) is 8.27. The number of ketones is 2. The predicted octanol–water partition coefficient (Wildman–Crippen LogP) is 4.66. The third kappa shape index (κ3) is 5.02. The molecule has 1 aliphatic carbocycles. The summed E-state index contributed by atoms with van der Waals surface area (Å²) in [6.07, 6.45) is 2.90. The van der Waals surface area contributed by atoms with Crippen molar-refractivity contribution < 1.29 is 18.8 Å². The van der Waals surface area contributed by atoms with Crippen molar-refractivity contribution in [2.75, 3.05) is 6.54 Å². The van der Waals surface area contributed by atoms with Crippen molar-refractivity contribution in [1.29, 1.82) is 0 Å². The molecule has 2 unspecified atom stereocenters. The fourth-order valence-corrected chi connectivity index (χ4v) is 4.27. The van der Waals surface area contributed by atoms with Gasteiger partial charge >= 0.3 is 0 Å². The van der Waals surface area contributed by atoms with Gasteiger partial charge in [-0.25, -0.2) is 4.39 Å². The lowest BCUT2D eigenvalue weighted by Crippen LogP contribution is -2.27. The molecule has 0 radical (unpaired) electrons. The van der Waals surface area contributed by atoms with Gasteiger partial charge in [0.25, 0.3) is 0 Å². The summed E-state index contributed by atoms with van der Waals surface area (Å²) >= 11 is 11.2. The molecule has 1 saturated carbocycles. The molecule has 2 atom stereocenters. The van der Waals surface area contributed by atoms with Crippen LogP contribution in [0.2, 0.25) is 5.02 Å². The fourth-order valence-electron chi connectivity index (χ4n) is 4.04. The molecule has 1 fully saturated rings. The van der Waals surface area contributed by atoms with Gasteiger partial charge in [0.2, 0.25) is 5.91 Å². The van der Waals surface area contributed by atoms with Crippen LogP contribution in [0.3, 0.4) is 0 Å². The average Bonchev–Trinajstić information content (AvgIpc) is 2.95. The van der Waals surface area contributed by atoms with Crippen molar-refractivity contribution in [3.05, 3.63) is 63.5 Å². The van der Waals surface area contributed by atoms with Crippen LogP contribution >= 0.6 is 23.2 Å². The van der Waals surface area contributed by atoms with Gasteiger partial charge in [-0.1, -0.05) is 29.3 Å². The lowest BCUT2D eigenvalue weighted by Gasteiger charge is -2.17. The molecule has 5 nitrogen and oxygen atoms in total. The van der Waals surface area contributed by atoms with Crippen LogP contribution in [-0.4, -0.2) is 29.0 Å². The highest BCUT2D eigenvalue weighted by molar-refractivity contribution is 6.30. The van der Waals surface area contributed by atoms with E-state index < -0.39 is 17.7 Å². The fraction of sp³-hybridized carbons (Fsp3) is 0.304. The van der Waals surface area contributed by atoms with Crippen LogP contribution in [0.25, 0.3) is 11.3 Å². The van der Waals surface area contributed by atoms with Gasteiger partial charge in [0.1, 0.15) is 17.4 Å². The topological polar surface area (TPSA) is 76.1 Å². The maximum absolute atomic E-state index is 14.3. The lowest BCUT2D eigenvalue weighted by atomic mass is 9.85. The second kappa shape index (κ2) is 9.71. The largest absolute Gasteiger partial charge is 0.353 e. The SMILES string of the molecule is Cc1cc(-c2ncc(Cl)cc2F)cc(C)c1C1C(=O)CC(CC(=O)NC/C=C/Cl)C1=O. The Balaban J connectivity index is 1.86. The summed E-state index contributed by atoms with van der Waals surface area (Å²) in [6.45, 7) is 3.81. The molecule has 3 rings (SSSR count).